The Labute approximate surface area is 222 Å². The van der Waals surface area contributed by atoms with Gasteiger partial charge in [0.1, 0.15) is 10.8 Å². The summed E-state index contributed by atoms with van der Waals surface area (Å²) < 4.78 is 11.1. The predicted molar refractivity (Wildman–Crippen MR) is 147 cm³/mol. The summed E-state index contributed by atoms with van der Waals surface area (Å²) in [6.07, 6.45) is 8.82. The number of thiophene rings is 1. The molecule has 0 radical (unpaired) electrons. The smallest absolute Gasteiger partial charge is 0.407 e. The van der Waals surface area contributed by atoms with Crippen LogP contribution in [0.25, 0.3) is 0 Å². The third kappa shape index (κ3) is 7.14. The Morgan fingerprint density at radius 1 is 1.14 bits per heavy atom. The quantitative estimate of drug-likeness (QED) is 0.338. The van der Waals surface area contributed by atoms with Crippen LogP contribution in [0.1, 0.15) is 46.9 Å². The molecule has 1 unspecified atom stereocenters. The number of fused-ring (bicyclic) bond motifs is 1. The van der Waals surface area contributed by atoms with Crippen molar-refractivity contribution in [2.75, 3.05) is 18.5 Å². The van der Waals surface area contributed by atoms with Crippen molar-refractivity contribution in [2.24, 2.45) is 5.92 Å². The van der Waals surface area contributed by atoms with Gasteiger partial charge in [0.2, 0.25) is 5.91 Å². The molecule has 0 spiro atoms. The number of nitrogens with one attached hydrogen (secondary N) is 2. The molecule has 0 saturated heterocycles. The van der Waals surface area contributed by atoms with E-state index in [4.69, 9.17) is 15.9 Å². The maximum absolute atomic E-state index is 12.8. The summed E-state index contributed by atoms with van der Waals surface area (Å²) in [4.78, 5) is 26.1. The Hall–Kier alpha value is -3.76. The number of benzene rings is 2. The average molecular weight is 517 g/mol. The zero-order valence-corrected chi connectivity index (χ0v) is 21.9. The highest BCUT2D eigenvalue weighted by Crippen LogP contribution is 2.39. The molecule has 0 saturated carbocycles. The zero-order valence-electron chi connectivity index (χ0n) is 21.0. The SMILES string of the molecule is C#Cc1c(NC(=O)CCc2ccccc2OCC)sc2c1CCC(COC(=O)NCc1ccccc1)C2. The van der Waals surface area contributed by atoms with Gasteiger partial charge in [-0.1, -0.05) is 54.5 Å². The fourth-order valence-corrected chi connectivity index (χ4v) is 5.84. The van der Waals surface area contributed by atoms with Crippen LogP contribution in [-0.2, 0) is 35.3 Å². The van der Waals surface area contributed by atoms with Gasteiger partial charge in [-0.3, -0.25) is 4.79 Å². The fraction of sp³-hybridized carbons (Fsp3) is 0.333. The van der Waals surface area contributed by atoms with E-state index in [-0.39, 0.29) is 11.8 Å². The molecule has 1 heterocycles. The second kappa shape index (κ2) is 13.0. The summed E-state index contributed by atoms with van der Waals surface area (Å²) >= 11 is 1.54. The molecule has 1 aliphatic rings. The molecule has 3 aromatic rings. The largest absolute Gasteiger partial charge is 0.494 e. The molecule has 192 valence electrons. The van der Waals surface area contributed by atoms with Crippen molar-refractivity contribution in [3.8, 4) is 18.1 Å². The van der Waals surface area contributed by atoms with Gasteiger partial charge in [-0.25, -0.2) is 4.79 Å². The van der Waals surface area contributed by atoms with Crippen LogP contribution in [0, 0.1) is 18.3 Å². The van der Waals surface area contributed by atoms with Gasteiger partial charge in [-0.15, -0.1) is 17.8 Å². The van der Waals surface area contributed by atoms with Gasteiger partial charge >= 0.3 is 6.09 Å². The van der Waals surface area contributed by atoms with Gasteiger partial charge < -0.3 is 20.1 Å². The van der Waals surface area contributed by atoms with E-state index >= 15 is 0 Å². The number of carbonyl (C=O) groups excluding carboxylic acids is 2. The lowest BCUT2D eigenvalue weighted by Gasteiger charge is -2.22. The second-order valence-corrected chi connectivity index (χ2v) is 10.1. The summed E-state index contributed by atoms with van der Waals surface area (Å²) in [5, 5.41) is 6.57. The predicted octanol–water partition coefficient (Wildman–Crippen LogP) is 5.73. The molecule has 1 aliphatic carbocycles. The Bertz CT molecular complexity index is 1260. The number of carbonyl (C=O) groups is 2. The van der Waals surface area contributed by atoms with E-state index in [1.54, 1.807) is 0 Å². The highest BCUT2D eigenvalue weighted by molar-refractivity contribution is 7.16. The molecule has 6 nitrogen and oxygen atoms in total. The Kier molecular flexibility index (Phi) is 9.23. The van der Waals surface area contributed by atoms with Crippen LogP contribution in [0.4, 0.5) is 9.80 Å². The van der Waals surface area contributed by atoms with Crippen LogP contribution in [0.5, 0.6) is 5.75 Å². The van der Waals surface area contributed by atoms with Crippen LogP contribution in [0.2, 0.25) is 0 Å². The van der Waals surface area contributed by atoms with E-state index < -0.39 is 6.09 Å². The highest BCUT2D eigenvalue weighted by atomic mass is 32.1. The monoisotopic (exact) mass is 516 g/mol. The van der Waals surface area contributed by atoms with Crippen LogP contribution in [0.15, 0.2) is 54.6 Å². The minimum atomic E-state index is -0.413. The van der Waals surface area contributed by atoms with E-state index in [9.17, 15) is 9.59 Å². The minimum absolute atomic E-state index is 0.0728. The van der Waals surface area contributed by atoms with Gasteiger partial charge in [-0.05, 0) is 61.3 Å². The van der Waals surface area contributed by atoms with Crippen molar-refractivity contribution in [1.82, 2.24) is 5.32 Å². The van der Waals surface area contributed by atoms with Gasteiger partial charge in [0, 0.05) is 17.8 Å². The van der Waals surface area contributed by atoms with Crippen LogP contribution in [-0.4, -0.2) is 25.2 Å². The lowest BCUT2D eigenvalue weighted by Crippen LogP contribution is -2.27. The Morgan fingerprint density at radius 3 is 2.70 bits per heavy atom. The van der Waals surface area contributed by atoms with Crippen molar-refractivity contribution in [3.63, 3.8) is 0 Å². The van der Waals surface area contributed by atoms with Crippen molar-refractivity contribution in [3.05, 3.63) is 81.7 Å². The lowest BCUT2D eigenvalue weighted by atomic mass is 9.87. The molecule has 37 heavy (non-hydrogen) atoms. The number of alkyl carbamates (subject to hydrolysis) is 1. The van der Waals surface area contributed by atoms with E-state index in [1.807, 2.05) is 61.5 Å². The van der Waals surface area contributed by atoms with Crippen molar-refractivity contribution >= 4 is 28.3 Å². The van der Waals surface area contributed by atoms with Crippen LogP contribution in [0.3, 0.4) is 0 Å². The first-order valence-electron chi connectivity index (χ1n) is 12.6. The summed E-state index contributed by atoms with van der Waals surface area (Å²) in [7, 11) is 0. The van der Waals surface area contributed by atoms with Gasteiger partial charge in [0.15, 0.2) is 0 Å². The highest BCUT2D eigenvalue weighted by Gasteiger charge is 2.26. The summed E-state index contributed by atoms with van der Waals surface area (Å²) in [5.74, 6) is 3.75. The number of hydrogen-bond acceptors (Lipinski definition) is 5. The standard InChI is InChI=1S/C30H32N2O4S/c1-3-24-25-16-14-22(20-36-30(34)31-19-21-10-6-5-7-11-21)18-27(25)37-29(24)32-28(33)17-15-23-12-8-9-13-26(23)35-4-2/h1,5-13,22H,4,14-20H2,2H3,(H,31,34)(H,32,33). The zero-order chi connectivity index (χ0) is 26.0. The third-order valence-corrected chi connectivity index (χ3v) is 7.56. The number of para-hydroxylation sites is 1. The molecule has 1 atom stereocenters. The molecule has 2 aromatic carbocycles. The van der Waals surface area contributed by atoms with E-state index in [1.165, 1.54) is 11.3 Å². The van der Waals surface area contributed by atoms with Crippen LogP contribution >= 0.6 is 11.3 Å². The maximum Gasteiger partial charge on any atom is 0.407 e. The summed E-state index contributed by atoms with van der Waals surface area (Å²) in [6, 6.07) is 17.5. The Balaban J connectivity index is 1.29. The molecule has 0 fully saturated rings. The molecule has 4 rings (SSSR count). The fourth-order valence-electron chi connectivity index (χ4n) is 4.50. The average Bonchev–Trinajstić information content (AvgIpc) is 3.27. The molecule has 7 heteroatoms. The van der Waals surface area contributed by atoms with Crippen LogP contribution < -0.4 is 15.4 Å². The number of terminal acetylenes is 1. The number of amides is 2. The topological polar surface area (TPSA) is 76.7 Å². The van der Waals surface area contributed by atoms with Gasteiger partial charge in [0.25, 0.3) is 0 Å². The van der Waals surface area contributed by atoms with E-state index in [0.717, 1.165) is 57.1 Å². The summed E-state index contributed by atoms with van der Waals surface area (Å²) in [5.41, 5.74) is 3.95. The summed E-state index contributed by atoms with van der Waals surface area (Å²) in [6.45, 7) is 3.32. The molecule has 0 bridgehead atoms. The lowest BCUT2D eigenvalue weighted by molar-refractivity contribution is -0.116. The van der Waals surface area contributed by atoms with E-state index in [2.05, 4.69) is 16.6 Å². The van der Waals surface area contributed by atoms with Crippen molar-refractivity contribution in [2.45, 2.75) is 45.6 Å². The molecular formula is C30H32N2O4S. The van der Waals surface area contributed by atoms with Crippen molar-refractivity contribution in [1.29, 1.82) is 0 Å². The number of aryl methyl sites for hydroxylation is 1. The van der Waals surface area contributed by atoms with Gasteiger partial charge in [-0.2, -0.15) is 0 Å². The minimum Gasteiger partial charge on any atom is -0.494 e. The molecule has 2 amide bonds. The molecular weight excluding hydrogens is 484 g/mol. The normalized spacial score (nSPS) is 14.2. The third-order valence-electron chi connectivity index (χ3n) is 6.39. The molecule has 2 N–H and O–H groups in total. The first-order chi connectivity index (χ1) is 18.1. The second-order valence-electron chi connectivity index (χ2n) is 8.99. The van der Waals surface area contributed by atoms with Gasteiger partial charge in [0.05, 0.1) is 18.8 Å². The number of rotatable bonds is 10. The number of ether oxygens (including phenoxy) is 2. The molecule has 0 aliphatic heterocycles. The van der Waals surface area contributed by atoms with E-state index in [0.29, 0.717) is 32.6 Å². The van der Waals surface area contributed by atoms with Crippen molar-refractivity contribution < 1.29 is 19.1 Å². The first kappa shape index (κ1) is 26.3. The molecule has 1 aromatic heterocycles. The Morgan fingerprint density at radius 2 is 1.92 bits per heavy atom. The first-order valence-corrected chi connectivity index (χ1v) is 13.4. The maximum atomic E-state index is 12.8. The number of hydrogen-bond donors (Lipinski definition) is 2. The number of anilines is 1.